The van der Waals surface area contributed by atoms with E-state index in [1.807, 2.05) is 55.5 Å². The van der Waals surface area contributed by atoms with E-state index < -0.39 is 0 Å². The molecule has 1 aromatic heterocycles. The Hall–Kier alpha value is -2.36. The number of nitrogens with zero attached hydrogens (tertiary/aromatic N) is 1. The molecule has 3 rings (SSSR count). The maximum Gasteiger partial charge on any atom is 0.231 e. The first kappa shape index (κ1) is 21.4. The van der Waals surface area contributed by atoms with Crippen molar-refractivity contribution in [3.8, 4) is 11.1 Å². The van der Waals surface area contributed by atoms with Crippen LogP contribution in [0.4, 0.5) is 5.69 Å². The number of aromatic nitrogens is 1. The van der Waals surface area contributed by atoms with Crippen LogP contribution in [0.25, 0.3) is 11.1 Å². The van der Waals surface area contributed by atoms with Gasteiger partial charge in [0, 0.05) is 27.6 Å². The predicted octanol–water partition coefficient (Wildman–Crippen LogP) is 7.13. The highest BCUT2D eigenvalue weighted by Crippen LogP contribution is 2.30. The van der Waals surface area contributed by atoms with Gasteiger partial charge in [0.05, 0.1) is 5.92 Å². The Kier molecular flexibility index (Phi) is 6.94. The number of aryl methyl sites for hydroxylation is 1. The van der Waals surface area contributed by atoms with Crippen LogP contribution in [0.3, 0.4) is 0 Å². The van der Waals surface area contributed by atoms with Crippen LogP contribution in [0.15, 0.2) is 60.8 Å². The van der Waals surface area contributed by atoms with E-state index in [0.717, 1.165) is 28.1 Å². The van der Waals surface area contributed by atoms with Crippen molar-refractivity contribution in [1.82, 2.24) is 4.98 Å². The van der Waals surface area contributed by atoms with E-state index in [-0.39, 0.29) is 11.8 Å². The summed E-state index contributed by atoms with van der Waals surface area (Å²) in [5.74, 6) is -0.0425. The average Bonchev–Trinajstić information content (AvgIpc) is 2.65. The Bertz CT molecular complexity index is 980. The SMILES string of the molecule is Cc1cc(-c2ccc(NC(=O)C(CC(C)C)c3cc(Cl)cc(Cl)c3)cc2)ccn1. The van der Waals surface area contributed by atoms with Crippen molar-refractivity contribution in [2.45, 2.75) is 33.1 Å². The van der Waals surface area contributed by atoms with Crippen molar-refractivity contribution in [2.24, 2.45) is 5.92 Å². The summed E-state index contributed by atoms with van der Waals surface area (Å²) in [5, 5.41) is 4.10. The maximum atomic E-state index is 13.1. The first-order valence-electron chi connectivity index (χ1n) is 9.62. The van der Waals surface area contributed by atoms with E-state index in [1.165, 1.54) is 0 Å². The van der Waals surface area contributed by atoms with Crippen molar-refractivity contribution in [3.05, 3.63) is 82.1 Å². The van der Waals surface area contributed by atoms with Crippen LogP contribution in [-0.4, -0.2) is 10.9 Å². The molecule has 1 amide bonds. The Balaban J connectivity index is 1.80. The number of pyridine rings is 1. The van der Waals surface area contributed by atoms with Gasteiger partial charge < -0.3 is 5.32 Å². The molecule has 150 valence electrons. The monoisotopic (exact) mass is 426 g/mol. The topological polar surface area (TPSA) is 42.0 Å². The molecular weight excluding hydrogens is 403 g/mol. The fraction of sp³-hybridized carbons (Fsp3) is 0.250. The molecule has 0 bridgehead atoms. The van der Waals surface area contributed by atoms with Crippen LogP contribution in [-0.2, 0) is 4.79 Å². The fourth-order valence-corrected chi connectivity index (χ4v) is 3.89. The second-order valence-corrected chi connectivity index (χ2v) is 8.51. The summed E-state index contributed by atoms with van der Waals surface area (Å²) in [6, 6.07) is 17.1. The van der Waals surface area contributed by atoms with Crippen LogP contribution in [0.2, 0.25) is 10.0 Å². The number of hydrogen-bond acceptors (Lipinski definition) is 2. The molecule has 0 aliphatic rings. The number of benzene rings is 2. The minimum absolute atomic E-state index is 0.0652. The van der Waals surface area contributed by atoms with Gasteiger partial charge in [0.15, 0.2) is 0 Å². The van der Waals surface area contributed by atoms with Gasteiger partial charge in [-0.05, 0) is 78.4 Å². The molecule has 1 N–H and O–H groups in total. The Labute approximate surface area is 182 Å². The third-order valence-corrected chi connectivity index (χ3v) is 5.13. The summed E-state index contributed by atoms with van der Waals surface area (Å²) in [6.45, 7) is 6.16. The summed E-state index contributed by atoms with van der Waals surface area (Å²) in [7, 11) is 0. The largest absolute Gasteiger partial charge is 0.326 e. The highest BCUT2D eigenvalue weighted by molar-refractivity contribution is 6.34. The lowest BCUT2D eigenvalue weighted by molar-refractivity contribution is -0.117. The van der Waals surface area contributed by atoms with Crippen molar-refractivity contribution in [1.29, 1.82) is 0 Å². The molecule has 0 saturated heterocycles. The molecule has 1 atom stereocenters. The highest BCUT2D eigenvalue weighted by atomic mass is 35.5. The van der Waals surface area contributed by atoms with Gasteiger partial charge in [-0.25, -0.2) is 0 Å². The third-order valence-electron chi connectivity index (χ3n) is 4.69. The quantitative estimate of drug-likeness (QED) is 0.455. The van der Waals surface area contributed by atoms with Gasteiger partial charge in [0.2, 0.25) is 5.91 Å². The number of carbonyl (C=O) groups excluding carboxylic acids is 1. The second-order valence-electron chi connectivity index (χ2n) is 7.64. The summed E-state index contributed by atoms with van der Waals surface area (Å²) in [4.78, 5) is 17.3. The van der Waals surface area contributed by atoms with Gasteiger partial charge in [-0.2, -0.15) is 0 Å². The van der Waals surface area contributed by atoms with Crippen LogP contribution >= 0.6 is 23.2 Å². The van der Waals surface area contributed by atoms with E-state index in [1.54, 1.807) is 12.3 Å². The van der Waals surface area contributed by atoms with E-state index in [9.17, 15) is 4.79 Å². The molecule has 29 heavy (non-hydrogen) atoms. The van der Waals surface area contributed by atoms with Crippen molar-refractivity contribution in [2.75, 3.05) is 5.32 Å². The van der Waals surface area contributed by atoms with E-state index in [2.05, 4.69) is 24.1 Å². The molecule has 3 aromatic rings. The number of rotatable bonds is 6. The van der Waals surface area contributed by atoms with Crippen LogP contribution in [0.1, 0.15) is 37.4 Å². The van der Waals surface area contributed by atoms with E-state index >= 15 is 0 Å². The molecule has 0 radical (unpaired) electrons. The van der Waals surface area contributed by atoms with Gasteiger partial charge in [-0.1, -0.05) is 49.2 Å². The molecule has 1 unspecified atom stereocenters. The highest BCUT2D eigenvalue weighted by Gasteiger charge is 2.23. The zero-order valence-electron chi connectivity index (χ0n) is 16.7. The minimum Gasteiger partial charge on any atom is -0.326 e. The summed E-state index contributed by atoms with van der Waals surface area (Å²) in [5.41, 5.74) is 4.73. The molecule has 3 nitrogen and oxygen atoms in total. The third kappa shape index (κ3) is 5.81. The number of hydrogen-bond donors (Lipinski definition) is 1. The summed E-state index contributed by atoms with van der Waals surface area (Å²) < 4.78 is 0. The summed E-state index contributed by atoms with van der Waals surface area (Å²) >= 11 is 12.3. The van der Waals surface area contributed by atoms with Crippen molar-refractivity contribution in [3.63, 3.8) is 0 Å². The lowest BCUT2D eigenvalue weighted by atomic mass is 9.89. The van der Waals surface area contributed by atoms with Gasteiger partial charge >= 0.3 is 0 Å². The number of amides is 1. The first-order valence-corrected chi connectivity index (χ1v) is 10.4. The Morgan fingerprint density at radius 1 is 0.966 bits per heavy atom. The van der Waals surface area contributed by atoms with Gasteiger partial charge in [-0.3, -0.25) is 9.78 Å². The molecule has 2 aromatic carbocycles. The fourth-order valence-electron chi connectivity index (χ4n) is 3.34. The second kappa shape index (κ2) is 9.43. The molecule has 0 fully saturated rings. The van der Waals surface area contributed by atoms with Crippen LogP contribution in [0, 0.1) is 12.8 Å². The zero-order valence-corrected chi connectivity index (χ0v) is 18.3. The molecule has 0 aliphatic heterocycles. The van der Waals surface area contributed by atoms with Crippen molar-refractivity contribution < 1.29 is 4.79 Å². The first-order chi connectivity index (χ1) is 13.8. The lowest BCUT2D eigenvalue weighted by Crippen LogP contribution is -2.22. The molecule has 0 spiro atoms. The van der Waals surface area contributed by atoms with Gasteiger partial charge in [0.25, 0.3) is 0 Å². The average molecular weight is 427 g/mol. The standard InChI is InChI=1S/C24H24Cl2N2O/c1-15(2)10-23(19-12-20(25)14-21(26)13-19)24(29)28-22-6-4-17(5-7-22)18-8-9-27-16(3)11-18/h4-9,11-15,23H,10H2,1-3H3,(H,28,29). The van der Waals surface area contributed by atoms with Crippen molar-refractivity contribution >= 4 is 34.8 Å². The molecule has 5 heteroatoms. The predicted molar refractivity (Wildman–Crippen MR) is 122 cm³/mol. The van der Waals surface area contributed by atoms with E-state index in [0.29, 0.717) is 22.4 Å². The van der Waals surface area contributed by atoms with Crippen LogP contribution < -0.4 is 5.32 Å². The normalized spacial score (nSPS) is 12.1. The smallest absolute Gasteiger partial charge is 0.231 e. The van der Waals surface area contributed by atoms with E-state index in [4.69, 9.17) is 23.2 Å². The number of carbonyl (C=O) groups is 1. The molecule has 0 saturated carbocycles. The number of anilines is 1. The Morgan fingerprint density at radius 3 is 2.21 bits per heavy atom. The minimum atomic E-state index is -0.325. The molecular formula is C24H24Cl2N2O. The van der Waals surface area contributed by atoms with Gasteiger partial charge in [-0.15, -0.1) is 0 Å². The Morgan fingerprint density at radius 2 is 1.62 bits per heavy atom. The number of nitrogens with one attached hydrogen (secondary N) is 1. The summed E-state index contributed by atoms with van der Waals surface area (Å²) in [6.07, 6.45) is 2.50. The lowest BCUT2D eigenvalue weighted by Gasteiger charge is -2.20. The van der Waals surface area contributed by atoms with Gasteiger partial charge in [0.1, 0.15) is 0 Å². The maximum absolute atomic E-state index is 13.1. The molecule has 1 heterocycles. The number of halogens is 2. The molecule has 0 aliphatic carbocycles. The zero-order chi connectivity index (χ0) is 21.0. The van der Waals surface area contributed by atoms with Crippen LogP contribution in [0.5, 0.6) is 0 Å².